The fourth-order valence-corrected chi connectivity index (χ4v) is 1.19. The molecule has 0 aromatic rings. The van der Waals surface area contributed by atoms with Gasteiger partial charge in [0.15, 0.2) is 0 Å². The molecule has 0 aliphatic carbocycles. The summed E-state index contributed by atoms with van der Waals surface area (Å²) in [5.74, 6) is 0.679. The molecule has 0 rings (SSSR count). The third-order valence-electron chi connectivity index (χ3n) is 1.44. The summed E-state index contributed by atoms with van der Waals surface area (Å²) >= 11 is 0. The Hall–Kier alpha value is -0.380. The molecule has 1 amide bonds. The normalized spacial score (nSPS) is 12.6. The topological polar surface area (TPSA) is 37.4 Å². The van der Waals surface area contributed by atoms with Gasteiger partial charge in [0.1, 0.15) is 0 Å². The van der Waals surface area contributed by atoms with Gasteiger partial charge < -0.3 is 4.90 Å². The van der Waals surface area contributed by atoms with Crippen molar-refractivity contribution in [3.63, 3.8) is 0 Å². The van der Waals surface area contributed by atoms with E-state index in [2.05, 4.69) is 0 Å². The zero-order valence-corrected chi connectivity index (χ0v) is 8.11. The van der Waals surface area contributed by atoms with E-state index in [9.17, 15) is 9.00 Å². The molecule has 0 spiro atoms. The molecule has 0 bridgehead atoms. The van der Waals surface area contributed by atoms with Crippen molar-refractivity contribution in [3.8, 4) is 0 Å². The lowest BCUT2D eigenvalue weighted by Gasteiger charge is -2.14. The standard InChI is InChI=1S/C7H15NO2S/c1-4-7(9)8(2)5-6-11(3)10/h4-6H2,1-3H3/t11-/m1/s1. The molecule has 1 atom stereocenters. The Morgan fingerprint density at radius 3 is 2.45 bits per heavy atom. The summed E-state index contributed by atoms with van der Waals surface area (Å²) in [7, 11) is 0.936. The van der Waals surface area contributed by atoms with E-state index in [0.29, 0.717) is 18.7 Å². The van der Waals surface area contributed by atoms with Gasteiger partial charge in [-0.2, -0.15) is 0 Å². The van der Waals surface area contributed by atoms with Crippen molar-refractivity contribution in [3.05, 3.63) is 0 Å². The fraction of sp³-hybridized carbons (Fsp3) is 0.857. The number of carbonyl (C=O) groups is 1. The highest BCUT2D eigenvalue weighted by molar-refractivity contribution is 7.84. The van der Waals surface area contributed by atoms with Gasteiger partial charge in [-0.3, -0.25) is 9.00 Å². The van der Waals surface area contributed by atoms with Crippen LogP contribution in [0.2, 0.25) is 0 Å². The molecule has 4 heteroatoms. The molecule has 11 heavy (non-hydrogen) atoms. The van der Waals surface area contributed by atoms with E-state index in [4.69, 9.17) is 0 Å². The molecule has 66 valence electrons. The van der Waals surface area contributed by atoms with Crippen LogP contribution in [0.5, 0.6) is 0 Å². The summed E-state index contributed by atoms with van der Waals surface area (Å²) in [4.78, 5) is 12.6. The number of rotatable bonds is 4. The molecule has 0 aromatic heterocycles. The fourth-order valence-electron chi connectivity index (χ4n) is 0.660. The molecule has 0 unspecified atom stereocenters. The van der Waals surface area contributed by atoms with Crippen molar-refractivity contribution in [1.29, 1.82) is 0 Å². The van der Waals surface area contributed by atoms with Gasteiger partial charge in [0.05, 0.1) is 0 Å². The van der Waals surface area contributed by atoms with Crippen molar-refractivity contribution in [2.24, 2.45) is 0 Å². The average molecular weight is 177 g/mol. The van der Waals surface area contributed by atoms with Gasteiger partial charge in [-0.05, 0) is 0 Å². The quantitative estimate of drug-likeness (QED) is 0.616. The molecule has 0 saturated heterocycles. The minimum absolute atomic E-state index is 0.107. The predicted octanol–water partition coefficient (Wildman–Crippen LogP) is 0.233. The Bertz CT molecular complexity index is 159. The number of carbonyl (C=O) groups excluding carboxylic acids is 1. The molecular weight excluding hydrogens is 162 g/mol. The lowest BCUT2D eigenvalue weighted by atomic mass is 10.4. The molecule has 0 N–H and O–H groups in total. The molecule has 0 aliphatic heterocycles. The van der Waals surface area contributed by atoms with Crippen LogP contribution in [0.25, 0.3) is 0 Å². The summed E-state index contributed by atoms with van der Waals surface area (Å²) in [6.07, 6.45) is 2.16. The second-order valence-electron chi connectivity index (χ2n) is 2.45. The van der Waals surface area contributed by atoms with E-state index >= 15 is 0 Å². The largest absolute Gasteiger partial charge is 0.345 e. The van der Waals surface area contributed by atoms with Crippen molar-refractivity contribution in [2.45, 2.75) is 13.3 Å². The van der Waals surface area contributed by atoms with Crippen molar-refractivity contribution >= 4 is 16.7 Å². The molecule has 0 heterocycles. The minimum Gasteiger partial charge on any atom is -0.345 e. The van der Waals surface area contributed by atoms with Crippen LogP contribution in [0.4, 0.5) is 0 Å². The number of hydrogen-bond donors (Lipinski definition) is 0. The van der Waals surface area contributed by atoms with Crippen molar-refractivity contribution in [1.82, 2.24) is 4.90 Å². The van der Waals surface area contributed by atoms with Gasteiger partial charge in [0.25, 0.3) is 0 Å². The Labute approximate surface area is 70.2 Å². The van der Waals surface area contributed by atoms with E-state index < -0.39 is 10.8 Å². The highest BCUT2D eigenvalue weighted by Gasteiger charge is 2.04. The van der Waals surface area contributed by atoms with Crippen molar-refractivity contribution in [2.75, 3.05) is 25.6 Å². The van der Waals surface area contributed by atoms with Crippen LogP contribution in [0.1, 0.15) is 13.3 Å². The zero-order chi connectivity index (χ0) is 8.85. The lowest BCUT2D eigenvalue weighted by Crippen LogP contribution is -2.29. The van der Waals surface area contributed by atoms with E-state index in [1.165, 1.54) is 0 Å². The van der Waals surface area contributed by atoms with Crippen molar-refractivity contribution < 1.29 is 9.00 Å². The first-order chi connectivity index (χ1) is 5.07. The van der Waals surface area contributed by atoms with Gasteiger partial charge in [0, 0.05) is 42.8 Å². The van der Waals surface area contributed by atoms with Gasteiger partial charge in [-0.15, -0.1) is 0 Å². The maximum Gasteiger partial charge on any atom is 0.222 e. The second kappa shape index (κ2) is 5.29. The maximum absolute atomic E-state index is 11.0. The average Bonchev–Trinajstić information content (AvgIpc) is 1.98. The Kier molecular flexibility index (Phi) is 5.11. The summed E-state index contributed by atoms with van der Waals surface area (Å²) in [6, 6.07) is 0. The van der Waals surface area contributed by atoms with Crippen LogP contribution >= 0.6 is 0 Å². The van der Waals surface area contributed by atoms with Gasteiger partial charge in [-0.25, -0.2) is 0 Å². The first-order valence-electron chi connectivity index (χ1n) is 3.62. The van der Waals surface area contributed by atoms with E-state index in [1.807, 2.05) is 6.92 Å². The molecule has 0 saturated carbocycles. The number of amides is 1. The van der Waals surface area contributed by atoms with Gasteiger partial charge in [0.2, 0.25) is 5.91 Å². The molecule has 0 fully saturated rings. The van der Waals surface area contributed by atoms with E-state index in [1.54, 1.807) is 18.2 Å². The maximum atomic E-state index is 11.0. The first kappa shape index (κ1) is 10.6. The molecule has 3 nitrogen and oxygen atoms in total. The third-order valence-corrected chi connectivity index (χ3v) is 2.20. The molecular formula is C7H15NO2S. The number of nitrogens with zero attached hydrogens (tertiary/aromatic N) is 1. The van der Waals surface area contributed by atoms with Crippen LogP contribution in [0.15, 0.2) is 0 Å². The molecule has 0 aliphatic rings. The van der Waals surface area contributed by atoms with Crippen LogP contribution < -0.4 is 0 Å². The van der Waals surface area contributed by atoms with E-state index in [-0.39, 0.29) is 5.91 Å². The van der Waals surface area contributed by atoms with Crippen LogP contribution in [0.3, 0.4) is 0 Å². The van der Waals surface area contributed by atoms with Gasteiger partial charge >= 0.3 is 0 Å². The Balaban J connectivity index is 3.60. The summed E-state index contributed by atoms with van der Waals surface area (Å²) in [6.45, 7) is 2.41. The van der Waals surface area contributed by atoms with Crippen LogP contribution in [-0.4, -0.2) is 40.6 Å². The van der Waals surface area contributed by atoms with Crippen LogP contribution in [-0.2, 0) is 15.6 Å². The predicted molar refractivity (Wildman–Crippen MR) is 46.9 cm³/mol. The minimum atomic E-state index is -0.799. The Morgan fingerprint density at radius 2 is 2.09 bits per heavy atom. The van der Waals surface area contributed by atoms with Gasteiger partial charge in [-0.1, -0.05) is 6.92 Å². The SMILES string of the molecule is CCC(=O)N(C)CC[S@@](C)=O. The molecule has 0 radical (unpaired) electrons. The Morgan fingerprint density at radius 1 is 1.55 bits per heavy atom. The monoisotopic (exact) mass is 177 g/mol. The second-order valence-corrected chi connectivity index (χ2v) is 4.00. The summed E-state index contributed by atoms with van der Waals surface area (Å²) in [5, 5.41) is 0. The highest BCUT2D eigenvalue weighted by Crippen LogP contribution is 1.89. The highest BCUT2D eigenvalue weighted by atomic mass is 32.2. The lowest BCUT2D eigenvalue weighted by molar-refractivity contribution is -0.129. The van der Waals surface area contributed by atoms with E-state index in [0.717, 1.165) is 0 Å². The van der Waals surface area contributed by atoms with Crippen LogP contribution in [0, 0.1) is 0 Å². The molecule has 0 aromatic carbocycles. The number of hydrogen-bond acceptors (Lipinski definition) is 2. The zero-order valence-electron chi connectivity index (χ0n) is 7.29. The smallest absolute Gasteiger partial charge is 0.222 e. The third kappa shape index (κ3) is 4.95. The first-order valence-corrected chi connectivity index (χ1v) is 5.34. The summed E-state index contributed by atoms with van der Waals surface area (Å²) < 4.78 is 10.6. The summed E-state index contributed by atoms with van der Waals surface area (Å²) in [5.41, 5.74) is 0.